The Morgan fingerprint density at radius 2 is 2.13 bits per heavy atom. The van der Waals surface area contributed by atoms with Gasteiger partial charge in [-0.1, -0.05) is 23.2 Å². The minimum Gasteiger partial charge on any atom is -0.424 e. The lowest BCUT2D eigenvalue weighted by Crippen LogP contribution is -1.85. The molecule has 0 aliphatic carbocycles. The molecular weight excluding hydrogens is 235 g/mol. The highest BCUT2D eigenvalue weighted by Crippen LogP contribution is 2.31. The molecule has 15 heavy (non-hydrogen) atoms. The second kappa shape index (κ2) is 4.13. The molecule has 0 radical (unpaired) electrons. The minimum atomic E-state index is 0.455. The van der Waals surface area contributed by atoms with E-state index in [0.717, 1.165) is 5.56 Å². The summed E-state index contributed by atoms with van der Waals surface area (Å²) in [6.07, 6.45) is 1.61. The van der Waals surface area contributed by atoms with Gasteiger partial charge in [0.05, 0.1) is 11.2 Å². The molecule has 0 amide bonds. The summed E-state index contributed by atoms with van der Waals surface area (Å²) in [6.45, 7) is 0. The van der Waals surface area contributed by atoms with Gasteiger partial charge in [0.25, 0.3) is 6.01 Å². The van der Waals surface area contributed by atoms with Crippen LogP contribution in [0, 0.1) is 0 Å². The van der Waals surface area contributed by atoms with Crippen molar-refractivity contribution < 1.29 is 4.42 Å². The minimum absolute atomic E-state index is 0.455. The van der Waals surface area contributed by atoms with Gasteiger partial charge in [-0.05, 0) is 18.2 Å². The van der Waals surface area contributed by atoms with Gasteiger partial charge in [-0.2, -0.15) is 0 Å². The van der Waals surface area contributed by atoms with Crippen LogP contribution in [0.25, 0.3) is 11.3 Å². The van der Waals surface area contributed by atoms with Crippen LogP contribution in [0.5, 0.6) is 0 Å². The van der Waals surface area contributed by atoms with Gasteiger partial charge in [-0.15, -0.1) is 0 Å². The van der Waals surface area contributed by atoms with Gasteiger partial charge in [-0.3, -0.25) is 0 Å². The molecule has 1 aromatic carbocycles. The number of rotatable bonds is 2. The lowest BCUT2D eigenvalue weighted by Gasteiger charge is -2.00. The lowest BCUT2D eigenvalue weighted by molar-refractivity contribution is 0.590. The van der Waals surface area contributed by atoms with Gasteiger partial charge < -0.3 is 9.73 Å². The maximum absolute atomic E-state index is 6.02. The largest absolute Gasteiger partial charge is 0.424 e. The van der Waals surface area contributed by atoms with Crippen molar-refractivity contribution in [1.29, 1.82) is 0 Å². The molecule has 0 unspecified atom stereocenters. The SMILES string of the molecule is CNc1ncc(-c2ccc(Cl)cc2Cl)o1. The third kappa shape index (κ3) is 2.08. The zero-order chi connectivity index (χ0) is 10.8. The molecule has 0 atom stereocenters. The summed E-state index contributed by atoms with van der Waals surface area (Å²) in [5, 5.41) is 3.94. The number of hydrogen-bond donors (Lipinski definition) is 1. The Kier molecular flexibility index (Phi) is 2.84. The molecule has 0 saturated heterocycles. The normalized spacial score (nSPS) is 10.3. The topological polar surface area (TPSA) is 38.1 Å². The standard InChI is InChI=1S/C10H8Cl2N2O/c1-13-10-14-5-9(15-10)7-3-2-6(11)4-8(7)12/h2-5H,1H3,(H,13,14). The van der Waals surface area contributed by atoms with E-state index < -0.39 is 0 Å². The van der Waals surface area contributed by atoms with Crippen LogP contribution in [-0.2, 0) is 0 Å². The van der Waals surface area contributed by atoms with Gasteiger partial charge in [-0.25, -0.2) is 4.98 Å². The monoisotopic (exact) mass is 242 g/mol. The molecule has 0 saturated carbocycles. The number of hydrogen-bond acceptors (Lipinski definition) is 3. The predicted octanol–water partition coefficient (Wildman–Crippen LogP) is 3.69. The van der Waals surface area contributed by atoms with Crippen molar-refractivity contribution in [3.8, 4) is 11.3 Å². The molecule has 0 fully saturated rings. The molecule has 78 valence electrons. The van der Waals surface area contributed by atoms with Crippen molar-refractivity contribution >= 4 is 29.2 Å². The first kappa shape index (κ1) is 10.3. The Hall–Kier alpha value is -1.19. The zero-order valence-electron chi connectivity index (χ0n) is 7.92. The predicted molar refractivity (Wildman–Crippen MR) is 61.5 cm³/mol. The number of oxazole rings is 1. The Bertz CT molecular complexity index is 482. The average molecular weight is 243 g/mol. The van der Waals surface area contributed by atoms with Crippen molar-refractivity contribution in [2.45, 2.75) is 0 Å². The van der Waals surface area contributed by atoms with Crippen molar-refractivity contribution in [2.24, 2.45) is 0 Å². The van der Waals surface area contributed by atoms with E-state index in [1.165, 1.54) is 0 Å². The molecule has 0 bridgehead atoms. The summed E-state index contributed by atoms with van der Waals surface area (Å²) in [5.41, 5.74) is 0.773. The van der Waals surface area contributed by atoms with Gasteiger partial charge in [0.15, 0.2) is 5.76 Å². The van der Waals surface area contributed by atoms with Crippen LogP contribution >= 0.6 is 23.2 Å². The van der Waals surface area contributed by atoms with Crippen LogP contribution in [0.15, 0.2) is 28.8 Å². The van der Waals surface area contributed by atoms with Gasteiger partial charge in [0, 0.05) is 17.6 Å². The van der Waals surface area contributed by atoms with E-state index in [2.05, 4.69) is 10.3 Å². The summed E-state index contributed by atoms with van der Waals surface area (Å²) in [4.78, 5) is 4.01. The van der Waals surface area contributed by atoms with E-state index in [1.807, 2.05) is 0 Å². The fourth-order valence-electron chi connectivity index (χ4n) is 1.20. The van der Waals surface area contributed by atoms with Gasteiger partial charge >= 0.3 is 0 Å². The highest BCUT2D eigenvalue weighted by atomic mass is 35.5. The zero-order valence-corrected chi connectivity index (χ0v) is 9.43. The first-order valence-electron chi connectivity index (χ1n) is 4.29. The molecule has 1 aromatic heterocycles. The Labute approximate surface area is 97.0 Å². The van der Waals surface area contributed by atoms with Crippen LogP contribution in [-0.4, -0.2) is 12.0 Å². The van der Waals surface area contributed by atoms with E-state index in [-0.39, 0.29) is 0 Å². The van der Waals surface area contributed by atoms with Crippen molar-refractivity contribution in [3.63, 3.8) is 0 Å². The molecule has 5 heteroatoms. The molecule has 0 spiro atoms. The van der Waals surface area contributed by atoms with Crippen LogP contribution in [0.4, 0.5) is 6.01 Å². The fraction of sp³-hybridized carbons (Fsp3) is 0.100. The van der Waals surface area contributed by atoms with Crippen LogP contribution in [0.1, 0.15) is 0 Å². The first-order chi connectivity index (χ1) is 7.20. The lowest BCUT2D eigenvalue weighted by atomic mass is 10.2. The molecule has 2 rings (SSSR count). The van der Waals surface area contributed by atoms with E-state index in [4.69, 9.17) is 27.6 Å². The fourth-order valence-corrected chi connectivity index (χ4v) is 1.71. The number of benzene rings is 1. The van der Waals surface area contributed by atoms with Crippen molar-refractivity contribution in [2.75, 3.05) is 12.4 Å². The Morgan fingerprint density at radius 1 is 1.33 bits per heavy atom. The second-order valence-electron chi connectivity index (χ2n) is 2.90. The van der Waals surface area contributed by atoms with Crippen LogP contribution < -0.4 is 5.32 Å². The molecular formula is C10H8Cl2N2O. The van der Waals surface area contributed by atoms with E-state index >= 15 is 0 Å². The average Bonchev–Trinajstić information content (AvgIpc) is 2.66. The van der Waals surface area contributed by atoms with Gasteiger partial charge in [0.1, 0.15) is 0 Å². The third-order valence-corrected chi connectivity index (χ3v) is 2.46. The van der Waals surface area contributed by atoms with Crippen LogP contribution in [0.3, 0.4) is 0 Å². The summed E-state index contributed by atoms with van der Waals surface area (Å²) in [6, 6.07) is 5.67. The van der Waals surface area contributed by atoms with E-state index in [0.29, 0.717) is 21.8 Å². The number of anilines is 1. The first-order valence-corrected chi connectivity index (χ1v) is 5.05. The highest BCUT2D eigenvalue weighted by molar-refractivity contribution is 6.36. The maximum atomic E-state index is 6.02. The molecule has 0 aliphatic heterocycles. The maximum Gasteiger partial charge on any atom is 0.294 e. The Morgan fingerprint density at radius 3 is 2.73 bits per heavy atom. The van der Waals surface area contributed by atoms with Crippen LogP contribution in [0.2, 0.25) is 10.0 Å². The number of nitrogens with zero attached hydrogens (tertiary/aromatic N) is 1. The number of aromatic nitrogens is 1. The van der Waals surface area contributed by atoms with E-state index in [1.54, 1.807) is 31.4 Å². The summed E-state index contributed by atoms with van der Waals surface area (Å²) in [5.74, 6) is 0.612. The number of halogens is 2. The van der Waals surface area contributed by atoms with Crippen molar-refractivity contribution in [1.82, 2.24) is 4.98 Å². The highest BCUT2D eigenvalue weighted by Gasteiger charge is 2.09. The van der Waals surface area contributed by atoms with Crippen molar-refractivity contribution in [3.05, 3.63) is 34.4 Å². The molecule has 1 heterocycles. The van der Waals surface area contributed by atoms with Gasteiger partial charge in [0.2, 0.25) is 0 Å². The summed E-state index contributed by atoms with van der Waals surface area (Å²) in [7, 11) is 1.74. The molecule has 0 aliphatic rings. The summed E-state index contributed by atoms with van der Waals surface area (Å²) >= 11 is 11.8. The molecule has 2 aromatic rings. The molecule has 1 N–H and O–H groups in total. The Balaban J connectivity index is 2.44. The second-order valence-corrected chi connectivity index (χ2v) is 3.75. The van der Waals surface area contributed by atoms with E-state index in [9.17, 15) is 0 Å². The smallest absolute Gasteiger partial charge is 0.294 e. The number of nitrogens with one attached hydrogen (secondary N) is 1. The third-order valence-electron chi connectivity index (χ3n) is 1.92. The molecule has 3 nitrogen and oxygen atoms in total. The quantitative estimate of drug-likeness (QED) is 0.873. The summed E-state index contributed by atoms with van der Waals surface area (Å²) < 4.78 is 5.39.